The molecule has 0 aromatic carbocycles. The number of hydrogen-bond acceptors (Lipinski definition) is 5. The molecule has 0 aromatic rings. The first-order valence-corrected chi connectivity index (χ1v) is 17.5. The van der Waals surface area contributed by atoms with Gasteiger partial charge >= 0.3 is 5.97 Å². The molecular weight excluding hydrogens is 534 g/mol. The highest BCUT2D eigenvalue weighted by Crippen LogP contribution is 2.78. The number of carbonyl (C=O) groups is 1. The molecule has 43 heavy (non-hydrogen) atoms. The first kappa shape index (κ1) is 31.6. The predicted octanol–water partition coefficient (Wildman–Crippen LogP) is 6.88. The fourth-order valence-electron chi connectivity index (χ4n) is 12.9. The highest BCUT2D eigenvalue weighted by molar-refractivity contribution is 5.78. The van der Waals surface area contributed by atoms with Crippen molar-refractivity contribution in [2.75, 3.05) is 40.0 Å². The summed E-state index contributed by atoms with van der Waals surface area (Å²) in [4.78, 5) is 15.9. The van der Waals surface area contributed by atoms with Crippen LogP contribution in [-0.4, -0.2) is 61.5 Å². The molecule has 0 radical (unpaired) electrons. The second-order valence-electron chi connectivity index (χ2n) is 17.1. The van der Waals surface area contributed by atoms with Gasteiger partial charge in [0.25, 0.3) is 0 Å². The second kappa shape index (κ2) is 10.6. The summed E-state index contributed by atoms with van der Waals surface area (Å²) in [5.41, 5.74) is 0.242. The number of fused-ring (bicyclic) bond motifs is 7. The molecule has 240 valence electrons. The minimum absolute atomic E-state index is 0.0364. The lowest BCUT2D eigenvalue weighted by Crippen LogP contribution is -2.68. The number of aliphatic hydroxyl groups is 1. The van der Waals surface area contributed by atoms with E-state index in [1.54, 1.807) is 7.11 Å². The van der Waals surface area contributed by atoms with Crippen LogP contribution >= 0.6 is 0 Å². The van der Waals surface area contributed by atoms with Gasteiger partial charge < -0.3 is 14.6 Å². The van der Waals surface area contributed by atoms with Crippen molar-refractivity contribution >= 4 is 5.97 Å². The van der Waals surface area contributed by atoms with Gasteiger partial charge in [-0.25, -0.2) is 0 Å². The van der Waals surface area contributed by atoms with E-state index in [4.69, 9.17) is 9.47 Å². The van der Waals surface area contributed by atoms with Crippen LogP contribution in [0.5, 0.6) is 0 Å². The zero-order chi connectivity index (χ0) is 31.1. The van der Waals surface area contributed by atoms with Crippen molar-refractivity contribution in [2.24, 2.45) is 56.7 Å². The Hall–Kier alpha value is -1.35. The summed E-state index contributed by atoms with van der Waals surface area (Å²) in [7, 11) is 1.59. The van der Waals surface area contributed by atoms with Crippen molar-refractivity contribution in [2.45, 2.75) is 111 Å². The Morgan fingerprint density at radius 3 is 2.33 bits per heavy atom. The fourth-order valence-corrected chi connectivity index (χ4v) is 12.9. The van der Waals surface area contributed by atoms with Gasteiger partial charge in [-0.15, -0.1) is 0 Å². The number of hydrogen-bond donors (Lipinski definition) is 1. The molecule has 0 aromatic heterocycles. The third kappa shape index (κ3) is 4.31. The Morgan fingerprint density at radius 2 is 1.65 bits per heavy atom. The average Bonchev–Trinajstić information content (AvgIpc) is 3.37. The SMILES string of the molecule is C=C(C)[C@@H]1CC[C@]2(C(=O)OC)CC[C@]3(C)[C@H](CC[C@@H]4[C@@]5(C)CC[C@@](O)(C#CCN6CCOCC6)C(C)(C)[C@@H]5CC[C@]43C)[C@@H]12. The van der Waals surface area contributed by atoms with Gasteiger partial charge in [-0.05, 0) is 117 Å². The van der Waals surface area contributed by atoms with Gasteiger partial charge in [0.1, 0.15) is 5.60 Å². The minimum atomic E-state index is -0.957. The fraction of sp³-hybridized carbons (Fsp3) is 0.868. The molecule has 5 saturated carbocycles. The van der Waals surface area contributed by atoms with E-state index in [2.05, 4.69) is 64.9 Å². The Labute approximate surface area is 261 Å². The minimum Gasteiger partial charge on any atom is -0.469 e. The van der Waals surface area contributed by atoms with Gasteiger partial charge in [0.05, 0.1) is 32.3 Å². The number of carbonyl (C=O) groups excluding carboxylic acids is 1. The number of ether oxygens (including phenoxy) is 2. The summed E-state index contributed by atoms with van der Waals surface area (Å²) in [5.74, 6) is 9.22. The number of rotatable bonds is 3. The lowest BCUT2D eigenvalue weighted by molar-refractivity contribution is -0.256. The first-order chi connectivity index (χ1) is 20.2. The largest absolute Gasteiger partial charge is 0.469 e. The summed E-state index contributed by atoms with van der Waals surface area (Å²) in [6.07, 6.45) is 10.6. The van der Waals surface area contributed by atoms with Crippen LogP contribution in [0.3, 0.4) is 0 Å². The van der Waals surface area contributed by atoms with Crippen LogP contribution in [-0.2, 0) is 14.3 Å². The van der Waals surface area contributed by atoms with Crippen LogP contribution in [0.1, 0.15) is 106 Å². The number of allylic oxidation sites excluding steroid dienone is 1. The van der Waals surface area contributed by atoms with Gasteiger partial charge in [0.15, 0.2) is 0 Å². The predicted molar refractivity (Wildman–Crippen MR) is 171 cm³/mol. The molecule has 0 spiro atoms. The van der Waals surface area contributed by atoms with E-state index in [1.807, 2.05) is 0 Å². The highest BCUT2D eigenvalue weighted by Gasteiger charge is 2.73. The average molecular weight is 594 g/mol. The van der Waals surface area contributed by atoms with E-state index in [-0.39, 0.29) is 33.0 Å². The highest BCUT2D eigenvalue weighted by atomic mass is 16.5. The quantitative estimate of drug-likeness (QED) is 0.220. The van der Waals surface area contributed by atoms with E-state index < -0.39 is 5.60 Å². The summed E-state index contributed by atoms with van der Waals surface area (Å²) in [6, 6.07) is 0. The summed E-state index contributed by atoms with van der Waals surface area (Å²) < 4.78 is 11.1. The zero-order valence-electron chi connectivity index (χ0n) is 28.3. The van der Waals surface area contributed by atoms with E-state index in [0.29, 0.717) is 36.1 Å². The van der Waals surface area contributed by atoms with Crippen molar-refractivity contribution < 1.29 is 19.4 Å². The van der Waals surface area contributed by atoms with E-state index >= 15 is 0 Å². The molecule has 6 rings (SSSR count). The van der Waals surface area contributed by atoms with Crippen LogP contribution in [0.25, 0.3) is 0 Å². The Morgan fingerprint density at radius 1 is 0.930 bits per heavy atom. The van der Waals surface area contributed by atoms with Gasteiger partial charge in [0, 0.05) is 18.5 Å². The maximum atomic E-state index is 13.5. The molecule has 1 saturated heterocycles. The topological polar surface area (TPSA) is 59.0 Å². The molecule has 5 heteroatoms. The Balaban J connectivity index is 1.29. The van der Waals surface area contributed by atoms with Crippen LogP contribution < -0.4 is 0 Å². The van der Waals surface area contributed by atoms with Crippen LogP contribution in [0.2, 0.25) is 0 Å². The second-order valence-corrected chi connectivity index (χ2v) is 17.1. The summed E-state index contributed by atoms with van der Waals surface area (Å²) >= 11 is 0. The molecule has 1 heterocycles. The zero-order valence-corrected chi connectivity index (χ0v) is 28.3. The third-order valence-electron chi connectivity index (χ3n) is 15.6. The molecule has 0 bridgehead atoms. The first-order valence-electron chi connectivity index (χ1n) is 17.5. The van der Waals surface area contributed by atoms with Crippen LogP contribution in [0, 0.1) is 68.5 Å². The summed E-state index contributed by atoms with van der Waals surface area (Å²) in [6.45, 7) is 23.2. The van der Waals surface area contributed by atoms with Crippen molar-refractivity contribution in [1.29, 1.82) is 0 Å². The molecule has 1 N–H and O–H groups in total. The standard InChI is InChI=1S/C38H59NO4/c1-26(2)27-12-16-37(32(40)42-8)19-18-35(6)28(31(27)37)10-11-30-34(5)17-20-38(41,14-9-21-39-22-24-43-25-23-39)33(3,4)29(34)13-15-36(30,35)7/h27-31,41H,1,10-13,15-25H2,2-8H3/t27-,28+,29-,30+,31+,34-,35+,36+,37-,38-/m0/s1. The Kier molecular flexibility index (Phi) is 7.80. The number of esters is 1. The van der Waals surface area contributed by atoms with Crippen LogP contribution in [0.4, 0.5) is 0 Å². The number of morpholine rings is 1. The summed E-state index contributed by atoms with van der Waals surface area (Å²) in [5, 5.41) is 12.2. The molecule has 5 nitrogen and oxygen atoms in total. The van der Waals surface area contributed by atoms with Gasteiger partial charge in [-0.2, -0.15) is 0 Å². The van der Waals surface area contributed by atoms with Crippen molar-refractivity contribution in [1.82, 2.24) is 4.90 Å². The lowest BCUT2D eigenvalue weighted by atomic mass is 9.31. The van der Waals surface area contributed by atoms with Crippen molar-refractivity contribution in [3.8, 4) is 11.8 Å². The van der Waals surface area contributed by atoms with Crippen molar-refractivity contribution in [3.05, 3.63) is 12.2 Å². The molecular formula is C38H59NO4. The van der Waals surface area contributed by atoms with E-state index in [1.165, 1.54) is 24.8 Å². The molecule has 10 atom stereocenters. The normalized spacial score (nSPS) is 48.9. The smallest absolute Gasteiger partial charge is 0.312 e. The Bertz CT molecular complexity index is 1190. The molecule has 0 unspecified atom stereocenters. The monoisotopic (exact) mass is 593 g/mol. The van der Waals surface area contributed by atoms with Crippen molar-refractivity contribution in [3.63, 3.8) is 0 Å². The van der Waals surface area contributed by atoms with Gasteiger partial charge in [-0.3, -0.25) is 9.69 Å². The maximum Gasteiger partial charge on any atom is 0.312 e. The molecule has 0 amide bonds. The third-order valence-corrected chi connectivity index (χ3v) is 15.6. The molecule has 6 fully saturated rings. The number of nitrogens with zero attached hydrogens (tertiary/aromatic N) is 1. The molecule has 1 aliphatic heterocycles. The van der Waals surface area contributed by atoms with Gasteiger partial charge in [-0.1, -0.05) is 58.6 Å². The lowest BCUT2D eigenvalue weighted by Gasteiger charge is -2.73. The molecule has 5 aliphatic carbocycles. The van der Waals surface area contributed by atoms with Crippen LogP contribution in [0.15, 0.2) is 12.2 Å². The van der Waals surface area contributed by atoms with Gasteiger partial charge in [0.2, 0.25) is 0 Å². The van der Waals surface area contributed by atoms with E-state index in [9.17, 15) is 9.90 Å². The number of methoxy groups -OCH3 is 1. The maximum absolute atomic E-state index is 13.5. The molecule has 6 aliphatic rings. The van der Waals surface area contributed by atoms with E-state index in [0.717, 1.165) is 71.2 Å².